The average Bonchev–Trinajstić information content (AvgIpc) is 3.08. The van der Waals surface area contributed by atoms with Crippen LogP contribution in [0.2, 0.25) is 0 Å². The lowest BCUT2D eigenvalue weighted by Crippen LogP contribution is -2.40. The number of methoxy groups -OCH3 is 1. The number of anilines is 1. The number of guanidine groups is 1. The molecule has 0 aromatic heterocycles. The third kappa shape index (κ3) is 4.31. The summed E-state index contributed by atoms with van der Waals surface area (Å²) in [6.07, 6.45) is 1.06. The summed E-state index contributed by atoms with van der Waals surface area (Å²) in [6, 6.07) is 16.6. The van der Waals surface area contributed by atoms with Crippen molar-refractivity contribution in [1.82, 2.24) is 5.32 Å². The van der Waals surface area contributed by atoms with Gasteiger partial charge in [-0.15, -0.1) is 0 Å². The molecule has 0 atom stereocenters. The van der Waals surface area contributed by atoms with E-state index in [-0.39, 0.29) is 0 Å². The highest BCUT2D eigenvalue weighted by Gasteiger charge is 2.22. The maximum absolute atomic E-state index is 5.59. The number of ether oxygens (including phenoxy) is 2. The molecule has 1 heterocycles. The van der Waals surface area contributed by atoms with E-state index in [9.17, 15) is 0 Å². The molecule has 0 spiro atoms. The standard InChI is InChI=1S/C20H25N3O2/c1-21-20(23-12-11-17-5-3-4-6-19(17)23)22-15-16-7-9-18(10-8-16)25-14-13-24-2/h3-10H,11-15H2,1-2H3,(H,21,22). The fourth-order valence-electron chi connectivity index (χ4n) is 2.98. The van der Waals surface area contributed by atoms with Gasteiger partial charge in [0.2, 0.25) is 0 Å². The normalized spacial score (nSPS) is 13.7. The minimum absolute atomic E-state index is 0.565. The van der Waals surface area contributed by atoms with Crippen molar-refractivity contribution in [3.8, 4) is 5.75 Å². The van der Waals surface area contributed by atoms with Crippen LogP contribution in [-0.4, -0.2) is 39.9 Å². The lowest BCUT2D eigenvalue weighted by Gasteiger charge is -2.22. The Morgan fingerprint density at radius 3 is 2.68 bits per heavy atom. The summed E-state index contributed by atoms with van der Waals surface area (Å²) in [5.74, 6) is 1.77. The number of benzene rings is 2. The molecule has 0 aliphatic carbocycles. The molecule has 0 unspecified atom stereocenters. The molecule has 25 heavy (non-hydrogen) atoms. The molecule has 0 bridgehead atoms. The summed E-state index contributed by atoms with van der Waals surface area (Å²) in [7, 11) is 3.50. The topological polar surface area (TPSA) is 46.1 Å². The third-order valence-electron chi connectivity index (χ3n) is 4.28. The van der Waals surface area contributed by atoms with Gasteiger partial charge in [0.15, 0.2) is 5.96 Å². The SMILES string of the molecule is CN=C(NCc1ccc(OCCOC)cc1)N1CCc2ccccc21. The van der Waals surface area contributed by atoms with Crippen molar-refractivity contribution in [3.63, 3.8) is 0 Å². The van der Waals surface area contributed by atoms with Crippen molar-refractivity contribution >= 4 is 11.6 Å². The summed E-state index contributed by atoms with van der Waals surface area (Å²) in [4.78, 5) is 6.69. The van der Waals surface area contributed by atoms with Crippen LogP contribution in [0.4, 0.5) is 5.69 Å². The fourth-order valence-corrected chi connectivity index (χ4v) is 2.98. The van der Waals surface area contributed by atoms with Gasteiger partial charge in [0.1, 0.15) is 12.4 Å². The van der Waals surface area contributed by atoms with Crippen molar-refractivity contribution < 1.29 is 9.47 Å². The minimum Gasteiger partial charge on any atom is -0.491 e. The molecule has 0 saturated carbocycles. The van der Waals surface area contributed by atoms with Crippen molar-refractivity contribution in [1.29, 1.82) is 0 Å². The quantitative estimate of drug-likeness (QED) is 0.499. The number of hydrogen-bond donors (Lipinski definition) is 1. The smallest absolute Gasteiger partial charge is 0.198 e. The Balaban J connectivity index is 1.57. The second kappa shape index (κ2) is 8.53. The Morgan fingerprint density at radius 2 is 1.92 bits per heavy atom. The number of nitrogens with one attached hydrogen (secondary N) is 1. The van der Waals surface area contributed by atoms with Crippen LogP contribution in [0.3, 0.4) is 0 Å². The van der Waals surface area contributed by atoms with E-state index in [0.717, 1.165) is 31.2 Å². The van der Waals surface area contributed by atoms with Gasteiger partial charge in [-0.2, -0.15) is 0 Å². The molecule has 0 radical (unpaired) electrons. The molecule has 5 nitrogen and oxygen atoms in total. The van der Waals surface area contributed by atoms with Crippen LogP contribution >= 0.6 is 0 Å². The summed E-state index contributed by atoms with van der Waals surface area (Å²) < 4.78 is 10.6. The summed E-state index contributed by atoms with van der Waals surface area (Å²) in [5, 5.41) is 3.46. The first-order valence-electron chi connectivity index (χ1n) is 8.58. The first-order chi connectivity index (χ1) is 12.3. The van der Waals surface area contributed by atoms with Crippen LogP contribution in [-0.2, 0) is 17.7 Å². The zero-order valence-corrected chi connectivity index (χ0v) is 14.9. The largest absolute Gasteiger partial charge is 0.491 e. The Labute approximate surface area is 149 Å². The predicted molar refractivity (Wildman–Crippen MR) is 102 cm³/mol. The van der Waals surface area contributed by atoms with E-state index in [1.165, 1.54) is 16.8 Å². The Hall–Kier alpha value is -2.53. The molecule has 1 aliphatic heterocycles. The maximum Gasteiger partial charge on any atom is 0.198 e. The Bertz CT molecular complexity index is 713. The summed E-state index contributed by atoms with van der Waals surface area (Å²) in [5.41, 5.74) is 3.81. The van der Waals surface area contributed by atoms with Crippen LogP contribution in [0.1, 0.15) is 11.1 Å². The van der Waals surface area contributed by atoms with Crippen LogP contribution in [0.15, 0.2) is 53.5 Å². The first-order valence-corrected chi connectivity index (χ1v) is 8.58. The molecular formula is C20H25N3O2. The Morgan fingerprint density at radius 1 is 1.12 bits per heavy atom. The number of para-hydroxylation sites is 1. The van der Waals surface area contributed by atoms with Crippen LogP contribution in [0.25, 0.3) is 0 Å². The van der Waals surface area contributed by atoms with Crippen molar-refractivity contribution in [2.45, 2.75) is 13.0 Å². The van der Waals surface area contributed by atoms with E-state index >= 15 is 0 Å². The molecule has 1 N–H and O–H groups in total. The van der Waals surface area contributed by atoms with Gasteiger partial charge >= 0.3 is 0 Å². The molecule has 1 aliphatic rings. The molecule has 2 aromatic rings. The number of aliphatic imine (C=N–C) groups is 1. The van der Waals surface area contributed by atoms with E-state index in [0.29, 0.717) is 13.2 Å². The third-order valence-corrected chi connectivity index (χ3v) is 4.28. The van der Waals surface area contributed by atoms with E-state index in [1.54, 1.807) is 7.11 Å². The lowest BCUT2D eigenvalue weighted by molar-refractivity contribution is 0.146. The molecule has 0 amide bonds. The van der Waals surface area contributed by atoms with Gasteiger partial charge in [-0.1, -0.05) is 30.3 Å². The number of fused-ring (bicyclic) bond motifs is 1. The fraction of sp³-hybridized carbons (Fsp3) is 0.350. The molecule has 2 aromatic carbocycles. The first kappa shape index (κ1) is 17.3. The van der Waals surface area contributed by atoms with Crippen molar-refractivity contribution in [2.24, 2.45) is 4.99 Å². The van der Waals surface area contributed by atoms with Crippen molar-refractivity contribution in [3.05, 3.63) is 59.7 Å². The van der Waals surface area contributed by atoms with E-state index in [2.05, 4.69) is 51.6 Å². The minimum atomic E-state index is 0.565. The average molecular weight is 339 g/mol. The number of rotatable bonds is 6. The van der Waals surface area contributed by atoms with Gasteiger partial charge in [-0.3, -0.25) is 4.99 Å². The van der Waals surface area contributed by atoms with Crippen molar-refractivity contribution in [2.75, 3.05) is 38.8 Å². The van der Waals surface area contributed by atoms with Gasteiger partial charge in [-0.05, 0) is 35.7 Å². The summed E-state index contributed by atoms with van der Waals surface area (Å²) in [6.45, 7) is 2.85. The maximum atomic E-state index is 5.59. The zero-order chi connectivity index (χ0) is 17.5. The molecule has 0 saturated heterocycles. The second-order valence-corrected chi connectivity index (χ2v) is 5.92. The van der Waals surface area contributed by atoms with E-state index < -0.39 is 0 Å². The Kier molecular flexibility index (Phi) is 5.90. The molecule has 3 rings (SSSR count). The lowest BCUT2D eigenvalue weighted by atomic mass is 10.2. The highest BCUT2D eigenvalue weighted by Crippen LogP contribution is 2.27. The van der Waals surface area contributed by atoms with E-state index in [4.69, 9.17) is 9.47 Å². The van der Waals surface area contributed by atoms with Crippen LogP contribution < -0.4 is 15.0 Å². The predicted octanol–water partition coefficient (Wildman–Crippen LogP) is 2.85. The second-order valence-electron chi connectivity index (χ2n) is 5.92. The van der Waals surface area contributed by atoms with Crippen LogP contribution in [0, 0.1) is 0 Å². The number of nitrogens with zero attached hydrogens (tertiary/aromatic N) is 2. The van der Waals surface area contributed by atoms with Gasteiger partial charge in [0.05, 0.1) is 6.61 Å². The zero-order valence-electron chi connectivity index (χ0n) is 14.9. The number of hydrogen-bond acceptors (Lipinski definition) is 3. The monoisotopic (exact) mass is 339 g/mol. The summed E-state index contributed by atoms with van der Waals surface area (Å²) >= 11 is 0. The molecule has 132 valence electrons. The highest BCUT2D eigenvalue weighted by atomic mass is 16.5. The van der Waals surface area contributed by atoms with Gasteiger partial charge in [0, 0.05) is 32.9 Å². The molecule has 5 heteroatoms. The van der Waals surface area contributed by atoms with Gasteiger partial charge < -0.3 is 19.7 Å². The molecule has 0 fully saturated rings. The van der Waals surface area contributed by atoms with Gasteiger partial charge in [-0.25, -0.2) is 0 Å². The highest BCUT2D eigenvalue weighted by molar-refractivity contribution is 5.97. The van der Waals surface area contributed by atoms with Crippen LogP contribution in [0.5, 0.6) is 5.75 Å². The van der Waals surface area contributed by atoms with E-state index in [1.807, 2.05) is 19.2 Å². The molecular weight excluding hydrogens is 314 g/mol. The van der Waals surface area contributed by atoms with Gasteiger partial charge in [0.25, 0.3) is 0 Å².